The third kappa shape index (κ3) is 6.22. The number of hydrogen-bond donors (Lipinski definition) is 1. The number of nitrogens with one attached hydrogen (secondary N) is 1. The molecule has 0 aliphatic heterocycles. The van der Waals surface area contributed by atoms with Gasteiger partial charge >= 0.3 is 0 Å². The molecular weight excluding hydrogens is 295 g/mol. The van der Waals surface area contributed by atoms with Gasteiger partial charge in [-0.2, -0.15) is 0 Å². The van der Waals surface area contributed by atoms with E-state index in [0.717, 1.165) is 19.1 Å². The molecule has 7 heteroatoms. The van der Waals surface area contributed by atoms with Gasteiger partial charge in [0.15, 0.2) is 0 Å². The van der Waals surface area contributed by atoms with Crippen LogP contribution in [-0.4, -0.2) is 44.5 Å². The number of amides is 1. The largest absolute Gasteiger partial charge is 0.351 e. The van der Waals surface area contributed by atoms with E-state index in [-0.39, 0.29) is 19.0 Å². The fraction of sp³-hybridized carbons (Fsp3) is 0.500. The number of rotatable bonds is 8. The van der Waals surface area contributed by atoms with Crippen LogP contribution in [0.1, 0.15) is 30.1 Å². The first-order chi connectivity index (χ1) is 9.84. The van der Waals surface area contributed by atoms with E-state index in [2.05, 4.69) is 5.32 Å². The topological polar surface area (TPSA) is 66.5 Å². The average Bonchev–Trinajstić information content (AvgIpc) is 2.41. The van der Waals surface area contributed by atoms with Crippen molar-refractivity contribution in [3.05, 3.63) is 35.6 Å². The van der Waals surface area contributed by atoms with Crippen LogP contribution < -0.4 is 5.32 Å². The molecule has 0 fully saturated rings. The Bertz CT molecular complexity index is 558. The Morgan fingerprint density at radius 1 is 1.24 bits per heavy atom. The van der Waals surface area contributed by atoms with E-state index in [1.54, 1.807) is 0 Å². The van der Waals surface area contributed by atoms with Gasteiger partial charge in [0, 0.05) is 25.2 Å². The van der Waals surface area contributed by atoms with Crippen molar-refractivity contribution in [2.45, 2.75) is 19.8 Å². The van der Waals surface area contributed by atoms with E-state index < -0.39 is 15.8 Å². The third-order valence-electron chi connectivity index (χ3n) is 2.98. The lowest BCUT2D eigenvalue weighted by Crippen LogP contribution is -2.38. The molecule has 1 aromatic rings. The molecule has 21 heavy (non-hydrogen) atoms. The van der Waals surface area contributed by atoms with E-state index in [0.29, 0.717) is 12.1 Å². The summed E-state index contributed by atoms with van der Waals surface area (Å²) in [7, 11) is -3.27. The van der Waals surface area contributed by atoms with Crippen molar-refractivity contribution < 1.29 is 17.6 Å². The quantitative estimate of drug-likeness (QED) is 0.792. The second-order valence-electron chi connectivity index (χ2n) is 4.78. The van der Waals surface area contributed by atoms with Crippen LogP contribution in [0.15, 0.2) is 24.3 Å². The van der Waals surface area contributed by atoms with Gasteiger partial charge < -0.3 is 5.32 Å². The molecule has 0 bridgehead atoms. The molecule has 5 nitrogen and oxygen atoms in total. The van der Waals surface area contributed by atoms with Gasteiger partial charge in [0.1, 0.15) is 5.82 Å². The molecule has 118 valence electrons. The van der Waals surface area contributed by atoms with Crippen LogP contribution in [-0.2, 0) is 10.0 Å². The fourth-order valence-electron chi connectivity index (χ4n) is 1.78. The number of carbonyl (C=O) groups is 1. The summed E-state index contributed by atoms with van der Waals surface area (Å²) in [6.45, 7) is 2.87. The van der Waals surface area contributed by atoms with Gasteiger partial charge in [0.2, 0.25) is 10.0 Å². The Hall–Kier alpha value is -1.47. The van der Waals surface area contributed by atoms with Crippen LogP contribution in [0.3, 0.4) is 0 Å². The molecular formula is C14H21FN2O3S. The maximum Gasteiger partial charge on any atom is 0.251 e. The molecule has 0 atom stereocenters. The summed E-state index contributed by atoms with van der Waals surface area (Å²) in [5.41, 5.74) is 0.343. The summed E-state index contributed by atoms with van der Waals surface area (Å²) in [5.74, 6) is -0.756. The van der Waals surface area contributed by atoms with E-state index >= 15 is 0 Å². The molecule has 1 aromatic carbocycles. The van der Waals surface area contributed by atoms with Crippen molar-refractivity contribution in [2.75, 3.05) is 25.9 Å². The molecule has 0 heterocycles. The highest BCUT2D eigenvalue weighted by Gasteiger charge is 2.15. The second-order valence-corrected chi connectivity index (χ2v) is 6.76. The molecule has 0 aliphatic rings. The Morgan fingerprint density at radius 2 is 1.86 bits per heavy atom. The van der Waals surface area contributed by atoms with Gasteiger partial charge in [-0.05, 0) is 30.7 Å². The normalized spacial score (nSPS) is 11.6. The molecule has 1 amide bonds. The lowest BCUT2D eigenvalue weighted by atomic mass is 10.2. The summed E-state index contributed by atoms with van der Waals surface area (Å²) >= 11 is 0. The maximum absolute atomic E-state index is 12.8. The monoisotopic (exact) mass is 316 g/mol. The predicted octanol–water partition coefficient (Wildman–Crippen LogP) is 1.62. The SMILES string of the molecule is CCCCN(CCNC(=O)c1ccc(F)cc1)S(C)(=O)=O. The van der Waals surface area contributed by atoms with Crippen LogP contribution in [0.2, 0.25) is 0 Å². The zero-order valence-corrected chi connectivity index (χ0v) is 13.1. The van der Waals surface area contributed by atoms with Crippen LogP contribution in [0.25, 0.3) is 0 Å². The number of unbranched alkanes of at least 4 members (excludes halogenated alkanes) is 1. The number of hydrogen-bond acceptors (Lipinski definition) is 3. The lowest BCUT2D eigenvalue weighted by Gasteiger charge is -2.19. The average molecular weight is 316 g/mol. The van der Waals surface area contributed by atoms with E-state index in [1.165, 1.54) is 28.6 Å². The first-order valence-electron chi connectivity index (χ1n) is 6.83. The Balaban J connectivity index is 2.50. The zero-order chi connectivity index (χ0) is 15.9. The number of halogens is 1. The van der Waals surface area contributed by atoms with Crippen molar-refractivity contribution in [2.24, 2.45) is 0 Å². The van der Waals surface area contributed by atoms with Crippen LogP contribution >= 0.6 is 0 Å². The molecule has 1 N–H and O–H groups in total. The van der Waals surface area contributed by atoms with E-state index in [1.807, 2.05) is 6.92 Å². The molecule has 0 saturated heterocycles. The number of nitrogens with zero attached hydrogens (tertiary/aromatic N) is 1. The maximum atomic E-state index is 12.8. The van der Waals surface area contributed by atoms with Crippen molar-refractivity contribution in [1.29, 1.82) is 0 Å². The standard InChI is InChI=1S/C14H21FN2O3S/c1-3-4-10-17(21(2,19)20)11-9-16-14(18)12-5-7-13(15)8-6-12/h5-8H,3-4,9-11H2,1-2H3,(H,16,18). The van der Waals surface area contributed by atoms with Crippen molar-refractivity contribution >= 4 is 15.9 Å². The molecule has 0 aliphatic carbocycles. The molecule has 0 saturated carbocycles. The minimum absolute atomic E-state index is 0.215. The molecule has 0 unspecified atom stereocenters. The molecule has 0 radical (unpaired) electrons. The van der Waals surface area contributed by atoms with Crippen molar-refractivity contribution in [1.82, 2.24) is 9.62 Å². The van der Waals surface area contributed by atoms with E-state index in [9.17, 15) is 17.6 Å². The van der Waals surface area contributed by atoms with Gasteiger partial charge in [-0.3, -0.25) is 4.79 Å². The van der Waals surface area contributed by atoms with Gasteiger partial charge in [0.05, 0.1) is 6.26 Å². The lowest BCUT2D eigenvalue weighted by molar-refractivity contribution is 0.0951. The van der Waals surface area contributed by atoms with Gasteiger partial charge in [-0.25, -0.2) is 17.1 Å². The Morgan fingerprint density at radius 3 is 2.38 bits per heavy atom. The fourth-order valence-corrected chi connectivity index (χ4v) is 2.66. The summed E-state index contributed by atoms with van der Waals surface area (Å²) in [6.07, 6.45) is 2.83. The zero-order valence-electron chi connectivity index (χ0n) is 12.3. The molecule has 0 aromatic heterocycles. The van der Waals surface area contributed by atoms with Crippen molar-refractivity contribution in [3.63, 3.8) is 0 Å². The molecule has 0 spiro atoms. The minimum Gasteiger partial charge on any atom is -0.351 e. The number of carbonyl (C=O) groups excluding carboxylic acids is 1. The number of benzene rings is 1. The summed E-state index contributed by atoms with van der Waals surface area (Å²) in [4.78, 5) is 11.8. The Labute approximate surface area is 125 Å². The van der Waals surface area contributed by atoms with Crippen LogP contribution in [0.4, 0.5) is 4.39 Å². The summed E-state index contributed by atoms with van der Waals surface area (Å²) < 4.78 is 37.3. The van der Waals surface area contributed by atoms with Crippen LogP contribution in [0.5, 0.6) is 0 Å². The summed E-state index contributed by atoms with van der Waals surface area (Å²) in [5, 5.41) is 2.63. The molecule has 1 rings (SSSR count). The Kier molecular flexibility index (Phi) is 6.77. The minimum atomic E-state index is -3.27. The smallest absolute Gasteiger partial charge is 0.251 e. The van der Waals surface area contributed by atoms with Gasteiger partial charge in [0.25, 0.3) is 5.91 Å². The third-order valence-corrected chi connectivity index (χ3v) is 4.29. The highest BCUT2D eigenvalue weighted by atomic mass is 32.2. The first kappa shape index (κ1) is 17.6. The first-order valence-corrected chi connectivity index (χ1v) is 8.68. The highest BCUT2D eigenvalue weighted by Crippen LogP contribution is 2.03. The predicted molar refractivity (Wildman–Crippen MR) is 80.1 cm³/mol. The number of sulfonamides is 1. The highest BCUT2D eigenvalue weighted by molar-refractivity contribution is 7.88. The van der Waals surface area contributed by atoms with Gasteiger partial charge in [-0.1, -0.05) is 13.3 Å². The van der Waals surface area contributed by atoms with Crippen molar-refractivity contribution in [3.8, 4) is 0 Å². The second kappa shape index (κ2) is 8.09. The van der Waals surface area contributed by atoms with E-state index in [4.69, 9.17) is 0 Å². The summed E-state index contributed by atoms with van der Waals surface area (Å²) in [6, 6.07) is 5.18. The van der Waals surface area contributed by atoms with Crippen LogP contribution in [0, 0.1) is 5.82 Å². The van der Waals surface area contributed by atoms with Gasteiger partial charge in [-0.15, -0.1) is 0 Å².